The standard InChI is InChI=1S/C21H24BrFN2O4/c1-21(2,3)29-20(27)25-17-13-14(10-11-16(17)23)24-19(26)9-6-12-28-18-8-5-4-7-15(18)22/h4-5,7-8,10-11,13H,6,9,12H2,1-3H3,(H,24,26)(H,25,27). The fourth-order valence-electron chi connectivity index (χ4n) is 2.31. The highest BCUT2D eigenvalue weighted by atomic mass is 79.9. The predicted octanol–water partition coefficient (Wildman–Crippen LogP) is 5.73. The van der Waals surface area contributed by atoms with E-state index in [0.29, 0.717) is 24.5 Å². The van der Waals surface area contributed by atoms with Crippen LogP contribution in [0.5, 0.6) is 5.75 Å². The van der Waals surface area contributed by atoms with Crippen molar-refractivity contribution >= 4 is 39.3 Å². The fourth-order valence-corrected chi connectivity index (χ4v) is 2.71. The van der Waals surface area contributed by atoms with Gasteiger partial charge in [-0.15, -0.1) is 0 Å². The minimum absolute atomic E-state index is 0.0747. The third-order valence-corrected chi connectivity index (χ3v) is 4.18. The van der Waals surface area contributed by atoms with E-state index in [1.165, 1.54) is 18.2 Å². The maximum Gasteiger partial charge on any atom is 0.412 e. The van der Waals surface area contributed by atoms with Gasteiger partial charge in [-0.25, -0.2) is 9.18 Å². The fraction of sp³-hybridized carbons (Fsp3) is 0.333. The monoisotopic (exact) mass is 466 g/mol. The Labute approximate surface area is 177 Å². The number of carbonyl (C=O) groups is 2. The van der Waals surface area contributed by atoms with Gasteiger partial charge in [0.05, 0.1) is 16.8 Å². The van der Waals surface area contributed by atoms with E-state index in [-0.39, 0.29) is 18.0 Å². The second-order valence-corrected chi connectivity index (χ2v) is 8.11. The SMILES string of the molecule is CC(C)(C)OC(=O)Nc1cc(NC(=O)CCCOc2ccccc2Br)ccc1F. The van der Waals surface area contributed by atoms with E-state index in [1.807, 2.05) is 24.3 Å². The summed E-state index contributed by atoms with van der Waals surface area (Å²) in [4.78, 5) is 23.9. The number of halogens is 2. The van der Waals surface area contributed by atoms with E-state index >= 15 is 0 Å². The summed E-state index contributed by atoms with van der Waals surface area (Å²) in [5.41, 5.74) is -0.410. The molecule has 0 fully saturated rings. The van der Waals surface area contributed by atoms with E-state index in [1.54, 1.807) is 20.8 Å². The van der Waals surface area contributed by atoms with Crippen LogP contribution in [0.15, 0.2) is 46.9 Å². The smallest absolute Gasteiger partial charge is 0.412 e. The number of anilines is 2. The van der Waals surface area contributed by atoms with Crippen LogP contribution >= 0.6 is 15.9 Å². The van der Waals surface area contributed by atoms with Crippen molar-refractivity contribution in [1.82, 2.24) is 0 Å². The van der Waals surface area contributed by atoms with E-state index in [4.69, 9.17) is 9.47 Å². The molecule has 156 valence electrons. The summed E-state index contributed by atoms with van der Waals surface area (Å²) in [5.74, 6) is -0.157. The van der Waals surface area contributed by atoms with Crippen LogP contribution in [0.1, 0.15) is 33.6 Å². The van der Waals surface area contributed by atoms with Crippen LogP contribution < -0.4 is 15.4 Å². The van der Waals surface area contributed by atoms with Crippen molar-refractivity contribution in [2.75, 3.05) is 17.2 Å². The average molecular weight is 467 g/mol. The lowest BCUT2D eigenvalue weighted by Gasteiger charge is -2.20. The largest absolute Gasteiger partial charge is 0.492 e. The molecule has 0 saturated carbocycles. The molecule has 2 aromatic carbocycles. The Balaban J connectivity index is 1.83. The lowest BCUT2D eigenvalue weighted by atomic mass is 10.2. The summed E-state index contributed by atoms with van der Waals surface area (Å²) in [5, 5.41) is 5.02. The van der Waals surface area contributed by atoms with E-state index in [2.05, 4.69) is 26.6 Å². The van der Waals surface area contributed by atoms with Crippen molar-refractivity contribution in [3.05, 3.63) is 52.8 Å². The highest BCUT2D eigenvalue weighted by Gasteiger charge is 2.17. The van der Waals surface area contributed by atoms with Gasteiger partial charge >= 0.3 is 6.09 Å². The normalized spacial score (nSPS) is 10.9. The van der Waals surface area contributed by atoms with Gasteiger partial charge in [0.25, 0.3) is 0 Å². The first-order chi connectivity index (χ1) is 13.6. The molecule has 2 rings (SSSR count). The number of benzene rings is 2. The van der Waals surface area contributed by atoms with Crippen molar-refractivity contribution in [1.29, 1.82) is 0 Å². The highest BCUT2D eigenvalue weighted by Crippen LogP contribution is 2.24. The van der Waals surface area contributed by atoms with Crippen molar-refractivity contribution in [2.24, 2.45) is 0 Å². The van der Waals surface area contributed by atoms with Crippen molar-refractivity contribution in [3.63, 3.8) is 0 Å². The van der Waals surface area contributed by atoms with Gasteiger partial charge in [0.2, 0.25) is 5.91 Å². The summed E-state index contributed by atoms with van der Waals surface area (Å²) in [6, 6.07) is 11.4. The van der Waals surface area contributed by atoms with E-state index < -0.39 is 17.5 Å². The van der Waals surface area contributed by atoms with Crippen molar-refractivity contribution in [2.45, 2.75) is 39.2 Å². The lowest BCUT2D eigenvalue weighted by molar-refractivity contribution is -0.116. The molecule has 8 heteroatoms. The first kappa shape index (κ1) is 22.7. The zero-order valence-electron chi connectivity index (χ0n) is 16.6. The molecule has 0 radical (unpaired) electrons. The zero-order valence-corrected chi connectivity index (χ0v) is 18.1. The molecule has 0 aliphatic carbocycles. The molecule has 0 spiro atoms. The number of hydrogen-bond acceptors (Lipinski definition) is 4. The van der Waals surface area contributed by atoms with Gasteiger partial charge in [-0.05, 0) is 73.5 Å². The molecule has 2 N–H and O–H groups in total. The van der Waals surface area contributed by atoms with Gasteiger partial charge in [0.1, 0.15) is 17.2 Å². The summed E-state index contributed by atoms with van der Waals surface area (Å²) < 4.78 is 25.5. The van der Waals surface area contributed by atoms with Gasteiger partial charge in [-0.2, -0.15) is 0 Å². The van der Waals surface area contributed by atoms with Crippen molar-refractivity contribution in [3.8, 4) is 5.75 Å². The quantitative estimate of drug-likeness (QED) is 0.510. The Morgan fingerprint density at radius 3 is 2.52 bits per heavy atom. The molecule has 29 heavy (non-hydrogen) atoms. The Bertz CT molecular complexity index is 868. The minimum Gasteiger partial charge on any atom is -0.492 e. The van der Waals surface area contributed by atoms with Crippen LogP contribution in [0, 0.1) is 5.82 Å². The van der Waals surface area contributed by atoms with Crippen molar-refractivity contribution < 1.29 is 23.5 Å². The van der Waals surface area contributed by atoms with Crippen LogP contribution in [-0.2, 0) is 9.53 Å². The molecular weight excluding hydrogens is 443 g/mol. The third-order valence-electron chi connectivity index (χ3n) is 3.53. The molecule has 0 unspecified atom stereocenters. The summed E-state index contributed by atoms with van der Waals surface area (Å²) in [6.45, 7) is 5.50. The van der Waals surface area contributed by atoms with Crippen LogP contribution in [0.2, 0.25) is 0 Å². The molecule has 0 atom stereocenters. The van der Waals surface area contributed by atoms with Gasteiger partial charge in [-0.1, -0.05) is 12.1 Å². The van der Waals surface area contributed by atoms with Crippen LogP contribution in [-0.4, -0.2) is 24.2 Å². The summed E-state index contributed by atoms with van der Waals surface area (Å²) >= 11 is 3.39. The molecule has 0 saturated heterocycles. The molecule has 0 heterocycles. The van der Waals surface area contributed by atoms with E-state index in [0.717, 1.165) is 4.47 Å². The Kier molecular flexibility index (Phi) is 8.01. The summed E-state index contributed by atoms with van der Waals surface area (Å²) in [6.07, 6.45) is -0.0299. The Morgan fingerprint density at radius 1 is 1.10 bits per heavy atom. The van der Waals surface area contributed by atoms with E-state index in [9.17, 15) is 14.0 Å². The number of carbonyl (C=O) groups excluding carboxylic acids is 2. The molecule has 0 bridgehead atoms. The number of para-hydroxylation sites is 1. The minimum atomic E-state index is -0.774. The predicted molar refractivity (Wildman–Crippen MR) is 114 cm³/mol. The maximum absolute atomic E-state index is 13.9. The van der Waals surface area contributed by atoms with Gasteiger partial charge in [0, 0.05) is 12.1 Å². The number of ether oxygens (including phenoxy) is 2. The molecular formula is C21H24BrFN2O4. The molecule has 6 nitrogen and oxygen atoms in total. The first-order valence-corrected chi connectivity index (χ1v) is 9.90. The highest BCUT2D eigenvalue weighted by molar-refractivity contribution is 9.10. The van der Waals surface area contributed by atoms with Crippen LogP contribution in [0.3, 0.4) is 0 Å². The summed E-state index contributed by atoms with van der Waals surface area (Å²) in [7, 11) is 0. The first-order valence-electron chi connectivity index (χ1n) is 9.11. The average Bonchev–Trinajstić information content (AvgIpc) is 2.61. The molecule has 0 aliphatic rings. The molecule has 0 aliphatic heterocycles. The second-order valence-electron chi connectivity index (χ2n) is 7.25. The number of amides is 2. The zero-order chi connectivity index (χ0) is 21.4. The van der Waals surface area contributed by atoms with Gasteiger partial charge in [-0.3, -0.25) is 10.1 Å². The molecule has 0 aromatic heterocycles. The number of nitrogens with one attached hydrogen (secondary N) is 2. The third kappa shape index (κ3) is 8.11. The molecule has 2 aromatic rings. The number of rotatable bonds is 7. The number of hydrogen-bond donors (Lipinski definition) is 2. The van der Waals surface area contributed by atoms with Crippen LogP contribution in [0.4, 0.5) is 20.6 Å². The topological polar surface area (TPSA) is 76.7 Å². The Hall–Kier alpha value is -2.61. The molecule has 2 amide bonds. The Morgan fingerprint density at radius 2 is 1.83 bits per heavy atom. The maximum atomic E-state index is 13.9. The second kappa shape index (κ2) is 10.2. The van der Waals surface area contributed by atoms with Gasteiger partial charge < -0.3 is 14.8 Å². The van der Waals surface area contributed by atoms with Crippen LogP contribution in [0.25, 0.3) is 0 Å². The van der Waals surface area contributed by atoms with Gasteiger partial charge in [0.15, 0.2) is 0 Å². The lowest BCUT2D eigenvalue weighted by Crippen LogP contribution is -2.27.